The standard InChI is InChI=1S/C5H9IN4/c1-4(2)3-10-8-5(6)7-9-10/h4H,3H2,1-2H3. The van der Waals surface area contributed by atoms with E-state index in [0.717, 1.165) is 6.54 Å². The number of halogens is 1. The SMILES string of the molecule is CC(C)Cn1nnc(I)n1. The number of aromatic nitrogens is 4. The quantitative estimate of drug-likeness (QED) is 0.735. The largest absolute Gasteiger partial charge is 0.234 e. The van der Waals surface area contributed by atoms with E-state index in [1.165, 1.54) is 0 Å². The van der Waals surface area contributed by atoms with Gasteiger partial charge in [0.25, 0.3) is 0 Å². The molecule has 1 rings (SSSR count). The Morgan fingerprint density at radius 3 is 2.70 bits per heavy atom. The second-order valence-electron chi connectivity index (χ2n) is 2.51. The molecule has 0 saturated carbocycles. The molecule has 10 heavy (non-hydrogen) atoms. The summed E-state index contributed by atoms with van der Waals surface area (Å²) in [5, 5.41) is 11.6. The van der Waals surface area contributed by atoms with Gasteiger partial charge in [-0.1, -0.05) is 13.8 Å². The molecular weight excluding hydrogens is 243 g/mol. The van der Waals surface area contributed by atoms with Gasteiger partial charge in [-0.25, -0.2) is 0 Å². The number of hydrogen-bond acceptors (Lipinski definition) is 3. The first kappa shape index (κ1) is 7.90. The Kier molecular flexibility index (Phi) is 2.58. The molecule has 56 valence electrons. The molecule has 1 heterocycles. The normalized spacial score (nSPS) is 10.8. The second kappa shape index (κ2) is 3.27. The van der Waals surface area contributed by atoms with Crippen molar-refractivity contribution in [2.45, 2.75) is 20.4 Å². The van der Waals surface area contributed by atoms with Crippen molar-refractivity contribution >= 4 is 22.6 Å². The molecule has 0 spiro atoms. The molecule has 0 aliphatic heterocycles. The smallest absolute Gasteiger partial charge is 0.163 e. The molecule has 5 heteroatoms. The molecule has 0 amide bonds. The van der Waals surface area contributed by atoms with Crippen molar-refractivity contribution in [3.8, 4) is 0 Å². The first-order chi connectivity index (χ1) is 4.68. The highest BCUT2D eigenvalue weighted by atomic mass is 127. The second-order valence-corrected chi connectivity index (χ2v) is 3.47. The van der Waals surface area contributed by atoms with Crippen LogP contribution in [0.5, 0.6) is 0 Å². The predicted molar refractivity (Wildman–Crippen MR) is 45.4 cm³/mol. The van der Waals surface area contributed by atoms with Gasteiger partial charge in [-0.3, -0.25) is 0 Å². The van der Waals surface area contributed by atoms with E-state index in [0.29, 0.717) is 9.75 Å². The zero-order chi connectivity index (χ0) is 7.56. The summed E-state index contributed by atoms with van der Waals surface area (Å²) in [6, 6.07) is 0. The van der Waals surface area contributed by atoms with Crippen LogP contribution in [-0.4, -0.2) is 20.2 Å². The lowest BCUT2D eigenvalue weighted by molar-refractivity contribution is 0.429. The average Bonchev–Trinajstić information content (AvgIpc) is 2.13. The number of tetrazole rings is 1. The summed E-state index contributed by atoms with van der Waals surface area (Å²) in [6.07, 6.45) is 0. The van der Waals surface area contributed by atoms with Gasteiger partial charge in [0, 0.05) is 22.6 Å². The van der Waals surface area contributed by atoms with Crippen LogP contribution in [-0.2, 0) is 6.54 Å². The number of hydrogen-bond donors (Lipinski definition) is 0. The van der Waals surface area contributed by atoms with Crippen molar-refractivity contribution in [1.82, 2.24) is 20.2 Å². The van der Waals surface area contributed by atoms with Gasteiger partial charge in [0.2, 0.25) is 3.83 Å². The maximum absolute atomic E-state index is 4.03. The van der Waals surface area contributed by atoms with Crippen LogP contribution < -0.4 is 0 Å². The van der Waals surface area contributed by atoms with Crippen molar-refractivity contribution in [1.29, 1.82) is 0 Å². The summed E-state index contributed by atoms with van der Waals surface area (Å²) in [5.41, 5.74) is 0. The van der Waals surface area contributed by atoms with E-state index in [2.05, 4.69) is 29.3 Å². The molecule has 4 nitrogen and oxygen atoms in total. The lowest BCUT2D eigenvalue weighted by Crippen LogP contribution is -2.07. The minimum atomic E-state index is 0.574. The molecule has 0 aliphatic carbocycles. The Balaban J connectivity index is 2.58. The van der Waals surface area contributed by atoms with Gasteiger partial charge >= 0.3 is 0 Å². The van der Waals surface area contributed by atoms with E-state index < -0.39 is 0 Å². The first-order valence-electron chi connectivity index (χ1n) is 3.12. The van der Waals surface area contributed by atoms with Gasteiger partial charge in [0.1, 0.15) is 0 Å². The molecule has 0 atom stereocenters. The fraction of sp³-hybridized carbons (Fsp3) is 0.800. The zero-order valence-electron chi connectivity index (χ0n) is 5.95. The minimum absolute atomic E-state index is 0.574. The fourth-order valence-corrected chi connectivity index (χ4v) is 0.973. The van der Waals surface area contributed by atoms with Crippen LogP contribution in [0.15, 0.2) is 0 Å². The van der Waals surface area contributed by atoms with Gasteiger partial charge in [-0.15, -0.1) is 10.2 Å². The summed E-state index contributed by atoms with van der Waals surface area (Å²) in [7, 11) is 0. The molecule has 1 aromatic rings. The third kappa shape index (κ3) is 2.20. The molecule has 0 saturated heterocycles. The summed E-state index contributed by atoms with van der Waals surface area (Å²) in [5.74, 6) is 0.574. The molecule has 0 N–H and O–H groups in total. The van der Waals surface area contributed by atoms with Crippen LogP contribution in [0, 0.1) is 9.75 Å². The van der Waals surface area contributed by atoms with E-state index in [9.17, 15) is 0 Å². The third-order valence-electron chi connectivity index (χ3n) is 0.957. The van der Waals surface area contributed by atoms with E-state index >= 15 is 0 Å². The summed E-state index contributed by atoms with van der Waals surface area (Å²) in [4.78, 5) is 1.62. The molecule has 0 fully saturated rings. The molecule has 0 radical (unpaired) electrons. The highest BCUT2D eigenvalue weighted by molar-refractivity contribution is 14.1. The molecule has 1 aromatic heterocycles. The van der Waals surface area contributed by atoms with Crippen molar-refractivity contribution in [3.05, 3.63) is 3.83 Å². The van der Waals surface area contributed by atoms with Crippen LogP contribution in [0.3, 0.4) is 0 Å². The van der Waals surface area contributed by atoms with Crippen LogP contribution in [0.25, 0.3) is 0 Å². The van der Waals surface area contributed by atoms with Gasteiger partial charge in [-0.2, -0.15) is 4.80 Å². The Morgan fingerprint density at radius 1 is 1.60 bits per heavy atom. The highest BCUT2D eigenvalue weighted by Crippen LogP contribution is 1.96. The maximum Gasteiger partial charge on any atom is 0.234 e. The van der Waals surface area contributed by atoms with Crippen molar-refractivity contribution in [3.63, 3.8) is 0 Å². The van der Waals surface area contributed by atoms with Gasteiger partial charge in [0.15, 0.2) is 0 Å². The van der Waals surface area contributed by atoms with Crippen LogP contribution >= 0.6 is 22.6 Å². The topological polar surface area (TPSA) is 43.6 Å². The first-order valence-corrected chi connectivity index (χ1v) is 4.19. The van der Waals surface area contributed by atoms with E-state index in [1.807, 2.05) is 22.6 Å². The van der Waals surface area contributed by atoms with Gasteiger partial charge in [-0.05, 0) is 11.1 Å². The molecule has 0 unspecified atom stereocenters. The van der Waals surface area contributed by atoms with Crippen molar-refractivity contribution in [2.75, 3.05) is 0 Å². The summed E-state index contributed by atoms with van der Waals surface area (Å²) >= 11 is 2.04. The van der Waals surface area contributed by atoms with Crippen LogP contribution in [0.2, 0.25) is 0 Å². The monoisotopic (exact) mass is 252 g/mol. The van der Waals surface area contributed by atoms with Crippen LogP contribution in [0.4, 0.5) is 0 Å². The van der Waals surface area contributed by atoms with Gasteiger partial charge < -0.3 is 0 Å². The van der Waals surface area contributed by atoms with E-state index in [4.69, 9.17) is 0 Å². The lowest BCUT2D eigenvalue weighted by Gasteiger charge is -1.99. The van der Waals surface area contributed by atoms with Gasteiger partial charge in [0.05, 0.1) is 6.54 Å². The van der Waals surface area contributed by atoms with Crippen LogP contribution in [0.1, 0.15) is 13.8 Å². The molecule has 0 aliphatic rings. The number of nitrogens with zero attached hydrogens (tertiary/aromatic N) is 4. The lowest BCUT2D eigenvalue weighted by atomic mass is 10.2. The zero-order valence-corrected chi connectivity index (χ0v) is 8.11. The minimum Gasteiger partial charge on any atom is -0.163 e. The average molecular weight is 252 g/mol. The fourth-order valence-electron chi connectivity index (χ4n) is 0.628. The molecule has 0 bridgehead atoms. The van der Waals surface area contributed by atoms with E-state index in [-0.39, 0.29) is 0 Å². The summed E-state index contributed by atoms with van der Waals surface area (Å²) in [6.45, 7) is 5.09. The van der Waals surface area contributed by atoms with E-state index in [1.54, 1.807) is 4.80 Å². The Labute approximate surface area is 73.1 Å². The Hall–Kier alpha value is -0.200. The molecular formula is C5H9IN4. The third-order valence-corrected chi connectivity index (χ3v) is 1.39. The number of rotatable bonds is 2. The van der Waals surface area contributed by atoms with Crippen molar-refractivity contribution < 1.29 is 0 Å². The Morgan fingerprint density at radius 2 is 2.30 bits per heavy atom. The predicted octanol–water partition coefficient (Wildman–Crippen LogP) is 0.934. The highest BCUT2D eigenvalue weighted by Gasteiger charge is 1.99. The maximum atomic E-state index is 4.03. The summed E-state index contributed by atoms with van der Waals surface area (Å²) < 4.78 is 0.707. The Bertz CT molecular complexity index is 207. The molecule has 0 aromatic carbocycles. The van der Waals surface area contributed by atoms with Crippen molar-refractivity contribution in [2.24, 2.45) is 5.92 Å².